The van der Waals surface area contributed by atoms with E-state index in [2.05, 4.69) is 20.5 Å². The van der Waals surface area contributed by atoms with Crippen molar-refractivity contribution in [3.63, 3.8) is 0 Å². The van der Waals surface area contributed by atoms with Gasteiger partial charge >= 0.3 is 0 Å². The van der Waals surface area contributed by atoms with Crippen molar-refractivity contribution in [2.45, 2.75) is 26.3 Å². The molecule has 3 aromatic heterocycles. The maximum Gasteiger partial charge on any atom is 0.219 e. The summed E-state index contributed by atoms with van der Waals surface area (Å²) >= 11 is 0. The van der Waals surface area contributed by atoms with E-state index >= 15 is 0 Å². The Morgan fingerprint density at radius 2 is 2.26 bits per heavy atom. The average molecular weight is 363 g/mol. The number of aromatic amines is 1. The molecule has 8 nitrogen and oxygen atoms in total. The number of anilines is 1. The summed E-state index contributed by atoms with van der Waals surface area (Å²) in [6, 6.07) is 3.81. The number of nitrogens with zero attached hydrogens (tertiary/aromatic N) is 5. The molecule has 0 saturated heterocycles. The molecule has 0 radical (unpaired) electrons. The predicted octanol–water partition coefficient (Wildman–Crippen LogP) is 1.82. The molecule has 1 aliphatic rings. The van der Waals surface area contributed by atoms with E-state index in [1.54, 1.807) is 19.3 Å². The van der Waals surface area contributed by atoms with Crippen molar-refractivity contribution in [3.8, 4) is 11.4 Å². The Morgan fingerprint density at radius 1 is 1.33 bits per heavy atom. The van der Waals surface area contributed by atoms with Gasteiger partial charge in [0.15, 0.2) is 5.82 Å². The first kappa shape index (κ1) is 17.1. The molecule has 4 rings (SSSR count). The van der Waals surface area contributed by atoms with Crippen LogP contribution in [-0.4, -0.2) is 49.0 Å². The molecule has 0 fully saturated rings. The summed E-state index contributed by atoms with van der Waals surface area (Å²) in [5.41, 5.74) is 3.99. The van der Waals surface area contributed by atoms with E-state index < -0.39 is 0 Å². The number of pyridine rings is 1. The Balaban J connectivity index is 1.64. The Morgan fingerprint density at radius 3 is 3.00 bits per heavy atom. The maximum absolute atomic E-state index is 11.8. The Hall–Kier alpha value is -3.29. The van der Waals surface area contributed by atoms with Gasteiger partial charge in [-0.3, -0.25) is 14.9 Å². The van der Waals surface area contributed by atoms with Gasteiger partial charge in [0.2, 0.25) is 5.91 Å². The van der Waals surface area contributed by atoms with Gasteiger partial charge in [-0.15, -0.1) is 0 Å². The van der Waals surface area contributed by atoms with Crippen LogP contribution >= 0.6 is 0 Å². The Labute approximate surface area is 157 Å². The number of rotatable bonds is 5. The normalized spacial score (nSPS) is 13.3. The van der Waals surface area contributed by atoms with Crippen molar-refractivity contribution in [2.75, 3.05) is 18.4 Å². The fourth-order valence-corrected chi connectivity index (χ4v) is 3.21. The molecule has 0 atom stereocenters. The number of carbonyl (C=O) groups excluding carboxylic acids is 1. The molecule has 0 saturated carbocycles. The van der Waals surface area contributed by atoms with Gasteiger partial charge in [0.05, 0.1) is 18.4 Å². The van der Waals surface area contributed by atoms with Crippen LogP contribution in [0, 0.1) is 0 Å². The molecule has 4 heterocycles. The molecule has 0 bridgehead atoms. The fraction of sp³-hybridized carbons (Fsp3) is 0.316. The molecular formula is C19H21N7O. The van der Waals surface area contributed by atoms with E-state index in [0.29, 0.717) is 18.9 Å². The van der Waals surface area contributed by atoms with Gasteiger partial charge < -0.3 is 10.2 Å². The third-order valence-electron chi connectivity index (χ3n) is 4.69. The zero-order valence-electron chi connectivity index (χ0n) is 15.1. The predicted molar refractivity (Wildman–Crippen MR) is 101 cm³/mol. The second-order valence-corrected chi connectivity index (χ2v) is 6.54. The maximum atomic E-state index is 11.8. The molecule has 138 valence electrons. The highest BCUT2D eigenvalue weighted by molar-refractivity contribution is 5.74. The molecule has 0 unspecified atom stereocenters. The molecule has 27 heavy (non-hydrogen) atoms. The number of hydrogen-bond acceptors (Lipinski definition) is 6. The van der Waals surface area contributed by atoms with Gasteiger partial charge in [0.25, 0.3) is 0 Å². The zero-order valence-corrected chi connectivity index (χ0v) is 15.1. The number of aromatic nitrogens is 5. The minimum atomic E-state index is 0.0663. The van der Waals surface area contributed by atoms with E-state index in [1.807, 2.05) is 29.4 Å². The van der Waals surface area contributed by atoms with E-state index in [1.165, 1.54) is 0 Å². The first-order valence-corrected chi connectivity index (χ1v) is 8.98. The van der Waals surface area contributed by atoms with Gasteiger partial charge in [-0.25, -0.2) is 9.97 Å². The van der Waals surface area contributed by atoms with Gasteiger partial charge in [0.1, 0.15) is 5.82 Å². The highest BCUT2D eigenvalue weighted by atomic mass is 16.2. The van der Waals surface area contributed by atoms with Crippen molar-refractivity contribution in [3.05, 3.63) is 53.7 Å². The molecule has 0 aliphatic carbocycles. The number of carbonyl (C=O) groups is 1. The summed E-state index contributed by atoms with van der Waals surface area (Å²) in [7, 11) is 0. The summed E-state index contributed by atoms with van der Waals surface area (Å²) in [6.45, 7) is 3.54. The number of hydrogen-bond donors (Lipinski definition) is 2. The zero-order chi connectivity index (χ0) is 18.6. The summed E-state index contributed by atoms with van der Waals surface area (Å²) in [5.74, 6) is 1.53. The topological polar surface area (TPSA) is 99.7 Å². The van der Waals surface area contributed by atoms with Gasteiger partial charge in [-0.05, 0) is 30.5 Å². The molecular weight excluding hydrogens is 342 g/mol. The lowest BCUT2D eigenvalue weighted by Crippen LogP contribution is -2.35. The van der Waals surface area contributed by atoms with Crippen LogP contribution < -0.4 is 5.32 Å². The first-order valence-electron chi connectivity index (χ1n) is 8.98. The highest BCUT2D eigenvalue weighted by Crippen LogP contribution is 2.27. The summed E-state index contributed by atoms with van der Waals surface area (Å²) < 4.78 is 0. The van der Waals surface area contributed by atoms with E-state index in [4.69, 9.17) is 9.97 Å². The Kier molecular flexibility index (Phi) is 4.78. The van der Waals surface area contributed by atoms with E-state index in [9.17, 15) is 4.79 Å². The quantitative estimate of drug-likeness (QED) is 0.717. The molecule has 0 aromatic carbocycles. The van der Waals surface area contributed by atoms with Crippen LogP contribution in [-0.2, 0) is 24.2 Å². The van der Waals surface area contributed by atoms with Crippen molar-refractivity contribution in [1.82, 2.24) is 30.0 Å². The van der Waals surface area contributed by atoms with Crippen molar-refractivity contribution >= 4 is 11.7 Å². The lowest BCUT2D eigenvalue weighted by Gasteiger charge is -2.28. The number of H-pyrrole nitrogens is 1. The van der Waals surface area contributed by atoms with Crippen LogP contribution in [0.4, 0.5) is 5.82 Å². The monoisotopic (exact) mass is 363 g/mol. The number of fused-ring (bicyclic) bond motifs is 1. The molecule has 2 N–H and O–H groups in total. The van der Waals surface area contributed by atoms with Crippen LogP contribution in [0.1, 0.15) is 23.7 Å². The van der Waals surface area contributed by atoms with Crippen molar-refractivity contribution in [1.29, 1.82) is 0 Å². The lowest BCUT2D eigenvalue weighted by atomic mass is 10.0. The second-order valence-electron chi connectivity index (χ2n) is 6.54. The van der Waals surface area contributed by atoms with Crippen LogP contribution in [0.3, 0.4) is 0 Å². The molecule has 0 spiro atoms. The summed E-state index contributed by atoms with van der Waals surface area (Å²) in [6.07, 6.45) is 8.78. The smallest absolute Gasteiger partial charge is 0.219 e. The highest BCUT2D eigenvalue weighted by Gasteiger charge is 2.24. The minimum absolute atomic E-state index is 0.0663. The standard InChI is InChI=1S/C19H21N7O/c1-13(27)26-8-5-16-17(12-26)24-18(15-3-2-6-20-11-15)25-19(16)21-7-4-14-9-22-23-10-14/h2-3,6,9-11H,4-5,7-8,12H2,1H3,(H,22,23)(H,21,24,25). The van der Waals surface area contributed by atoms with Crippen LogP contribution in [0.5, 0.6) is 0 Å². The second kappa shape index (κ2) is 7.53. The van der Waals surface area contributed by atoms with Crippen molar-refractivity contribution in [2.24, 2.45) is 0 Å². The number of nitrogens with one attached hydrogen (secondary N) is 2. The minimum Gasteiger partial charge on any atom is -0.369 e. The van der Waals surface area contributed by atoms with Crippen LogP contribution in [0.2, 0.25) is 0 Å². The van der Waals surface area contributed by atoms with Crippen LogP contribution in [0.15, 0.2) is 36.9 Å². The van der Waals surface area contributed by atoms with Crippen LogP contribution in [0.25, 0.3) is 11.4 Å². The molecule has 8 heteroatoms. The Bertz CT molecular complexity index is 925. The van der Waals surface area contributed by atoms with Gasteiger partial charge in [-0.1, -0.05) is 0 Å². The molecule has 3 aromatic rings. The average Bonchev–Trinajstić information content (AvgIpc) is 3.21. The third-order valence-corrected chi connectivity index (χ3v) is 4.69. The number of amides is 1. The molecule has 1 amide bonds. The first-order chi connectivity index (χ1) is 13.2. The summed E-state index contributed by atoms with van der Waals surface area (Å²) in [4.78, 5) is 27.3. The lowest BCUT2D eigenvalue weighted by molar-refractivity contribution is -0.129. The van der Waals surface area contributed by atoms with Crippen molar-refractivity contribution < 1.29 is 4.79 Å². The van der Waals surface area contributed by atoms with Gasteiger partial charge in [0, 0.05) is 49.7 Å². The largest absolute Gasteiger partial charge is 0.369 e. The van der Waals surface area contributed by atoms with Gasteiger partial charge in [-0.2, -0.15) is 5.10 Å². The van der Waals surface area contributed by atoms with E-state index in [-0.39, 0.29) is 5.91 Å². The van der Waals surface area contributed by atoms with E-state index in [0.717, 1.165) is 47.6 Å². The third kappa shape index (κ3) is 3.79. The molecule has 1 aliphatic heterocycles. The summed E-state index contributed by atoms with van der Waals surface area (Å²) in [5, 5.41) is 10.2. The fourth-order valence-electron chi connectivity index (χ4n) is 3.21. The SMILES string of the molecule is CC(=O)N1CCc2c(nc(-c3cccnc3)nc2NCCc2cn[nH]c2)C1.